The summed E-state index contributed by atoms with van der Waals surface area (Å²) in [5, 5.41) is 4.58. The minimum atomic E-state index is -0.890. The number of nitrogens with one attached hydrogen (secondary N) is 1. The van der Waals surface area contributed by atoms with Crippen molar-refractivity contribution in [2.75, 3.05) is 12.8 Å². The maximum atomic E-state index is 12.8. The van der Waals surface area contributed by atoms with Crippen molar-refractivity contribution in [2.24, 2.45) is 0 Å². The first-order chi connectivity index (χ1) is 12.5. The topological polar surface area (TPSA) is 90.7 Å². The van der Waals surface area contributed by atoms with Crippen molar-refractivity contribution in [1.82, 2.24) is 5.32 Å². The summed E-state index contributed by atoms with van der Waals surface area (Å²) in [5.41, 5.74) is 6.74. The second-order valence-corrected chi connectivity index (χ2v) is 6.66. The molecule has 3 rings (SSSR count). The summed E-state index contributed by atoms with van der Waals surface area (Å²) in [4.78, 5) is 24.9. The molecule has 3 N–H and O–H groups in total. The Bertz CT molecular complexity index is 817. The number of rotatable bonds is 6. The van der Waals surface area contributed by atoms with E-state index in [-0.39, 0.29) is 6.10 Å². The third kappa shape index (κ3) is 3.80. The number of carbonyl (C=O) groups excluding carboxylic acids is 2. The molecule has 0 spiro atoms. The molecule has 1 saturated carbocycles. The van der Waals surface area contributed by atoms with Crippen LogP contribution in [0.1, 0.15) is 36.5 Å². The fourth-order valence-electron chi connectivity index (χ4n) is 3.06. The fraction of sp³-hybridized carbons (Fsp3) is 0.400. The molecule has 0 aliphatic heterocycles. The van der Waals surface area contributed by atoms with Crippen LogP contribution >= 0.6 is 0 Å². The van der Waals surface area contributed by atoms with Crippen LogP contribution < -0.4 is 11.1 Å². The minimum absolute atomic E-state index is 0.139. The van der Waals surface area contributed by atoms with Gasteiger partial charge >= 0.3 is 5.97 Å². The van der Waals surface area contributed by atoms with E-state index in [1.165, 1.54) is 7.11 Å². The summed E-state index contributed by atoms with van der Waals surface area (Å²) in [5.74, 6) is -0.961. The second kappa shape index (κ2) is 7.74. The molecular weight excluding hydrogens is 332 g/mol. The Labute approximate surface area is 152 Å². The Hall–Kier alpha value is -2.60. The smallest absolute Gasteiger partial charge is 0.331 e. The number of esters is 1. The lowest BCUT2D eigenvalue weighted by molar-refractivity contribution is -0.149. The van der Waals surface area contributed by atoms with E-state index in [0.29, 0.717) is 11.3 Å². The van der Waals surface area contributed by atoms with Crippen LogP contribution in [0.2, 0.25) is 0 Å². The summed E-state index contributed by atoms with van der Waals surface area (Å²) in [7, 11) is 1.29. The summed E-state index contributed by atoms with van der Waals surface area (Å²) in [6.45, 7) is 1.77. The van der Waals surface area contributed by atoms with Crippen LogP contribution in [0, 0.1) is 0 Å². The summed E-state index contributed by atoms with van der Waals surface area (Å²) in [6, 6.07) is 10.2. The molecule has 1 aliphatic carbocycles. The van der Waals surface area contributed by atoms with Crippen LogP contribution in [0.25, 0.3) is 10.8 Å². The van der Waals surface area contributed by atoms with Gasteiger partial charge in [0.2, 0.25) is 0 Å². The number of amides is 1. The van der Waals surface area contributed by atoms with E-state index in [4.69, 9.17) is 15.2 Å². The first-order valence-electron chi connectivity index (χ1n) is 8.82. The lowest BCUT2D eigenvalue weighted by Gasteiger charge is -2.32. The number of hydrogen-bond acceptors (Lipinski definition) is 5. The number of hydrogen-bond donors (Lipinski definition) is 2. The molecule has 6 nitrogen and oxygen atoms in total. The molecule has 0 heterocycles. The standard InChI is InChI=1S/C20H24N2O4/c1-12(26-15-8-5-9-15)18(20(24)25-2)22-19(23)16-10-13-6-3-4-7-14(13)11-17(16)21/h3-4,6-7,10-12,15,18H,5,8-9,21H2,1-2H3,(H,22,23)/t12?,18-/m0/s1. The average molecular weight is 356 g/mol. The predicted octanol–water partition coefficient (Wildman–Crippen LogP) is 2.65. The van der Waals surface area contributed by atoms with Crippen molar-refractivity contribution in [3.63, 3.8) is 0 Å². The van der Waals surface area contributed by atoms with Gasteiger partial charge in [0.25, 0.3) is 5.91 Å². The van der Waals surface area contributed by atoms with Crippen LogP contribution in [0.3, 0.4) is 0 Å². The van der Waals surface area contributed by atoms with Gasteiger partial charge in [0, 0.05) is 5.69 Å². The Balaban J connectivity index is 1.80. The number of carbonyl (C=O) groups is 2. The van der Waals surface area contributed by atoms with Crippen LogP contribution in [0.4, 0.5) is 5.69 Å². The molecule has 1 unspecified atom stereocenters. The van der Waals surface area contributed by atoms with Gasteiger partial charge in [-0.15, -0.1) is 0 Å². The Morgan fingerprint density at radius 3 is 2.42 bits per heavy atom. The first-order valence-corrected chi connectivity index (χ1v) is 8.82. The number of ether oxygens (including phenoxy) is 2. The van der Waals surface area contributed by atoms with Gasteiger partial charge in [0.05, 0.1) is 24.9 Å². The molecule has 26 heavy (non-hydrogen) atoms. The van der Waals surface area contributed by atoms with Gasteiger partial charge in [-0.2, -0.15) is 0 Å². The van der Waals surface area contributed by atoms with Crippen LogP contribution in [-0.4, -0.2) is 37.2 Å². The van der Waals surface area contributed by atoms with Crippen molar-refractivity contribution in [3.05, 3.63) is 42.0 Å². The number of anilines is 1. The lowest BCUT2D eigenvalue weighted by atomic mass is 9.95. The van der Waals surface area contributed by atoms with Crippen LogP contribution in [-0.2, 0) is 14.3 Å². The highest BCUT2D eigenvalue weighted by molar-refractivity contribution is 6.05. The van der Waals surface area contributed by atoms with E-state index in [9.17, 15) is 9.59 Å². The van der Waals surface area contributed by atoms with Gasteiger partial charge in [-0.25, -0.2) is 4.79 Å². The van der Waals surface area contributed by atoms with Crippen LogP contribution in [0.5, 0.6) is 0 Å². The summed E-state index contributed by atoms with van der Waals surface area (Å²) < 4.78 is 10.7. The normalized spacial score (nSPS) is 16.5. The molecule has 6 heteroatoms. The third-order valence-corrected chi connectivity index (χ3v) is 4.83. The van der Waals surface area contributed by atoms with Crippen molar-refractivity contribution < 1.29 is 19.1 Å². The molecule has 2 aromatic carbocycles. The maximum Gasteiger partial charge on any atom is 0.331 e. The molecule has 2 aromatic rings. The Kier molecular flexibility index (Phi) is 5.42. The quantitative estimate of drug-likeness (QED) is 0.613. The molecule has 0 saturated heterocycles. The molecule has 1 amide bonds. The van der Waals surface area contributed by atoms with Gasteiger partial charge in [-0.05, 0) is 49.1 Å². The minimum Gasteiger partial charge on any atom is -0.467 e. The number of nitrogens with two attached hydrogens (primary N) is 1. The van der Waals surface area contributed by atoms with Crippen molar-refractivity contribution >= 4 is 28.3 Å². The zero-order valence-electron chi connectivity index (χ0n) is 15.0. The highest BCUT2D eigenvalue weighted by Gasteiger charge is 2.32. The van der Waals surface area contributed by atoms with E-state index in [1.807, 2.05) is 24.3 Å². The largest absolute Gasteiger partial charge is 0.467 e. The summed E-state index contributed by atoms with van der Waals surface area (Å²) >= 11 is 0. The van der Waals surface area contributed by atoms with E-state index in [1.54, 1.807) is 19.1 Å². The Morgan fingerprint density at radius 1 is 1.19 bits per heavy atom. The molecule has 0 aromatic heterocycles. The van der Waals surface area contributed by atoms with Gasteiger partial charge < -0.3 is 20.5 Å². The molecule has 2 atom stereocenters. The zero-order valence-corrected chi connectivity index (χ0v) is 15.0. The predicted molar refractivity (Wildman–Crippen MR) is 99.8 cm³/mol. The molecular formula is C20H24N2O4. The van der Waals surface area contributed by atoms with Crippen molar-refractivity contribution in [1.29, 1.82) is 0 Å². The van der Waals surface area contributed by atoms with E-state index >= 15 is 0 Å². The zero-order chi connectivity index (χ0) is 18.7. The van der Waals surface area contributed by atoms with E-state index in [0.717, 1.165) is 30.0 Å². The highest BCUT2D eigenvalue weighted by atomic mass is 16.5. The van der Waals surface area contributed by atoms with Crippen molar-refractivity contribution in [3.8, 4) is 0 Å². The van der Waals surface area contributed by atoms with Gasteiger partial charge in [-0.1, -0.05) is 24.3 Å². The molecule has 138 valence electrons. The first kappa shape index (κ1) is 18.2. The second-order valence-electron chi connectivity index (χ2n) is 6.66. The number of fused-ring (bicyclic) bond motifs is 1. The molecule has 1 fully saturated rings. The average Bonchev–Trinajstić information content (AvgIpc) is 2.61. The summed E-state index contributed by atoms with van der Waals surface area (Å²) in [6.07, 6.45) is 2.73. The molecule has 1 aliphatic rings. The Morgan fingerprint density at radius 2 is 1.85 bits per heavy atom. The van der Waals surface area contributed by atoms with Crippen molar-refractivity contribution in [2.45, 2.75) is 44.4 Å². The fourth-order valence-corrected chi connectivity index (χ4v) is 3.06. The molecule has 0 bridgehead atoms. The number of methoxy groups -OCH3 is 1. The van der Waals surface area contributed by atoms with Gasteiger partial charge in [0.15, 0.2) is 6.04 Å². The van der Waals surface area contributed by atoms with Gasteiger partial charge in [0.1, 0.15) is 0 Å². The van der Waals surface area contributed by atoms with Crippen LogP contribution in [0.15, 0.2) is 36.4 Å². The molecule has 0 radical (unpaired) electrons. The maximum absolute atomic E-state index is 12.8. The van der Waals surface area contributed by atoms with E-state index in [2.05, 4.69) is 5.32 Å². The number of nitrogen functional groups attached to an aromatic ring is 1. The van der Waals surface area contributed by atoms with Gasteiger partial charge in [-0.3, -0.25) is 4.79 Å². The third-order valence-electron chi connectivity index (χ3n) is 4.83. The monoisotopic (exact) mass is 356 g/mol. The SMILES string of the molecule is COC(=O)[C@@H](NC(=O)c1cc2ccccc2cc1N)C(C)OC1CCC1. The highest BCUT2D eigenvalue weighted by Crippen LogP contribution is 2.25. The van der Waals surface area contributed by atoms with E-state index < -0.39 is 24.0 Å². The lowest BCUT2D eigenvalue weighted by Crippen LogP contribution is -2.50. The number of benzene rings is 2.